The molecule has 0 saturated heterocycles. The van der Waals surface area contributed by atoms with Crippen LogP contribution >= 0.6 is 0 Å². The van der Waals surface area contributed by atoms with Crippen molar-refractivity contribution in [1.29, 1.82) is 0 Å². The van der Waals surface area contributed by atoms with Gasteiger partial charge in [0.05, 0.1) is 12.6 Å². The zero-order valence-electron chi connectivity index (χ0n) is 13.1. The van der Waals surface area contributed by atoms with E-state index >= 15 is 0 Å². The van der Waals surface area contributed by atoms with Gasteiger partial charge in [0.1, 0.15) is 0 Å². The number of para-hydroxylation sites is 1. The Kier molecular flexibility index (Phi) is 3.46. The Hall–Kier alpha value is -2.46. The van der Waals surface area contributed by atoms with Gasteiger partial charge in [0, 0.05) is 23.1 Å². The number of hydrogen-bond acceptors (Lipinski definition) is 3. The molecule has 0 fully saturated rings. The topological polar surface area (TPSA) is 57.3 Å². The minimum atomic E-state index is 0.0888. The first-order chi connectivity index (χ1) is 11.3. The molecule has 0 saturated carbocycles. The number of ether oxygens (including phenoxy) is 1. The molecule has 0 amide bonds. The van der Waals surface area contributed by atoms with E-state index < -0.39 is 0 Å². The molecule has 4 nitrogen and oxygen atoms in total. The van der Waals surface area contributed by atoms with Crippen LogP contribution in [0, 0.1) is 0 Å². The van der Waals surface area contributed by atoms with Crippen LogP contribution in [0.25, 0.3) is 10.9 Å². The van der Waals surface area contributed by atoms with Crippen LogP contribution in [-0.4, -0.2) is 23.2 Å². The Morgan fingerprint density at radius 1 is 1.22 bits per heavy atom. The van der Waals surface area contributed by atoms with E-state index in [1.807, 2.05) is 19.1 Å². The van der Waals surface area contributed by atoms with Gasteiger partial charge in [0.15, 0.2) is 11.5 Å². The molecule has 3 N–H and O–H groups in total. The van der Waals surface area contributed by atoms with Crippen molar-refractivity contribution in [3.63, 3.8) is 0 Å². The lowest BCUT2D eigenvalue weighted by molar-refractivity contribution is 0.317. The van der Waals surface area contributed by atoms with E-state index in [0.717, 1.165) is 18.5 Å². The van der Waals surface area contributed by atoms with Gasteiger partial charge in [-0.1, -0.05) is 24.3 Å². The van der Waals surface area contributed by atoms with Crippen LogP contribution in [0.15, 0.2) is 42.5 Å². The van der Waals surface area contributed by atoms with Crippen molar-refractivity contribution in [2.45, 2.75) is 19.4 Å². The van der Waals surface area contributed by atoms with E-state index in [1.54, 1.807) is 6.07 Å². The first-order valence-electron chi connectivity index (χ1n) is 8.06. The van der Waals surface area contributed by atoms with Crippen LogP contribution < -0.4 is 10.1 Å². The SMILES string of the molecule is CCOc1cc([C@H]2NCCc3c2[nH]c2ccccc32)ccc1O. The van der Waals surface area contributed by atoms with Crippen LogP contribution in [0.2, 0.25) is 0 Å². The maximum absolute atomic E-state index is 9.92. The number of nitrogens with one attached hydrogen (secondary N) is 2. The molecule has 2 heterocycles. The van der Waals surface area contributed by atoms with Crippen molar-refractivity contribution in [1.82, 2.24) is 10.3 Å². The highest BCUT2D eigenvalue weighted by atomic mass is 16.5. The molecule has 23 heavy (non-hydrogen) atoms. The van der Waals surface area contributed by atoms with Crippen molar-refractivity contribution < 1.29 is 9.84 Å². The minimum absolute atomic E-state index is 0.0888. The van der Waals surface area contributed by atoms with E-state index in [0.29, 0.717) is 12.4 Å². The highest BCUT2D eigenvalue weighted by molar-refractivity contribution is 5.85. The molecule has 3 aromatic rings. The van der Waals surface area contributed by atoms with Gasteiger partial charge in [0.25, 0.3) is 0 Å². The van der Waals surface area contributed by atoms with Crippen molar-refractivity contribution in [2.24, 2.45) is 0 Å². The molecule has 1 aliphatic heterocycles. The highest BCUT2D eigenvalue weighted by Crippen LogP contribution is 2.36. The molecular weight excluding hydrogens is 288 g/mol. The number of H-pyrrole nitrogens is 1. The summed E-state index contributed by atoms with van der Waals surface area (Å²) >= 11 is 0. The number of benzene rings is 2. The second-order valence-corrected chi connectivity index (χ2v) is 5.86. The number of aromatic nitrogens is 1. The zero-order chi connectivity index (χ0) is 15.8. The summed E-state index contributed by atoms with van der Waals surface area (Å²) in [5.41, 5.74) is 4.87. The van der Waals surface area contributed by atoms with Crippen molar-refractivity contribution >= 4 is 10.9 Å². The monoisotopic (exact) mass is 308 g/mol. The Balaban J connectivity index is 1.81. The van der Waals surface area contributed by atoms with E-state index in [2.05, 4.69) is 34.6 Å². The second-order valence-electron chi connectivity index (χ2n) is 5.86. The van der Waals surface area contributed by atoms with Crippen LogP contribution in [0.4, 0.5) is 0 Å². The van der Waals surface area contributed by atoms with Crippen molar-refractivity contribution in [3.05, 3.63) is 59.3 Å². The highest BCUT2D eigenvalue weighted by Gasteiger charge is 2.25. The standard InChI is InChI=1S/C19H20N2O2/c1-2-23-17-11-12(7-8-16(17)22)18-19-14(9-10-20-18)13-5-3-4-6-15(13)21-19/h3-8,11,18,20-22H,2,9-10H2,1H3/t18-/m1/s1. The quantitative estimate of drug-likeness (QED) is 0.694. The average Bonchev–Trinajstić information content (AvgIpc) is 2.96. The summed E-state index contributed by atoms with van der Waals surface area (Å²) in [5, 5.41) is 14.8. The van der Waals surface area contributed by atoms with Gasteiger partial charge in [-0.3, -0.25) is 0 Å². The summed E-state index contributed by atoms with van der Waals surface area (Å²) in [6.45, 7) is 3.39. The predicted octanol–water partition coefficient (Wildman–Crippen LogP) is 3.51. The number of phenolic OH excluding ortho intramolecular Hbond substituents is 1. The van der Waals surface area contributed by atoms with Gasteiger partial charge in [-0.2, -0.15) is 0 Å². The molecule has 118 valence electrons. The first kappa shape index (κ1) is 14.2. The Morgan fingerprint density at radius 3 is 2.96 bits per heavy atom. The van der Waals surface area contributed by atoms with E-state index in [9.17, 15) is 5.11 Å². The van der Waals surface area contributed by atoms with Crippen molar-refractivity contribution in [3.8, 4) is 11.5 Å². The lowest BCUT2D eigenvalue weighted by atomic mass is 9.94. The largest absolute Gasteiger partial charge is 0.504 e. The van der Waals surface area contributed by atoms with Gasteiger partial charge in [0.2, 0.25) is 0 Å². The lowest BCUT2D eigenvalue weighted by Crippen LogP contribution is -2.30. The molecule has 0 bridgehead atoms. The molecule has 2 aromatic carbocycles. The number of phenols is 1. The maximum atomic E-state index is 9.92. The fraction of sp³-hybridized carbons (Fsp3) is 0.263. The average molecular weight is 308 g/mol. The van der Waals surface area contributed by atoms with Crippen molar-refractivity contribution in [2.75, 3.05) is 13.2 Å². The van der Waals surface area contributed by atoms with Gasteiger partial charge in [-0.15, -0.1) is 0 Å². The summed E-state index contributed by atoms with van der Waals surface area (Å²) in [7, 11) is 0. The fourth-order valence-corrected chi connectivity index (χ4v) is 3.45. The van der Waals surface area contributed by atoms with Crippen LogP contribution in [0.5, 0.6) is 11.5 Å². The molecule has 0 spiro atoms. The summed E-state index contributed by atoms with van der Waals surface area (Å²) in [6, 6.07) is 14.1. The number of fused-ring (bicyclic) bond motifs is 3. The Morgan fingerprint density at radius 2 is 2.09 bits per heavy atom. The predicted molar refractivity (Wildman–Crippen MR) is 91.1 cm³/mol. The van der Waals surface area contributed by atoms with E-state index in [-0.39, 0.29) is 11.8 Å². The third kappa shape index (κ3) is 2.35. The molecule has 1 atom stereocenters. The molecule has 4 heteroatoms. The van der Waals surface area contributed by atoms with Crippen LogP contribution in [-0.2, 0) is 6.42 Å². The Labute approximate surface area is 135 Å². The number of aromatic hydroxyl groups is 1. The smallest absolute Gasteiger partial charge is 0.161 e. The molecular formula is C19H20N2O2. The summed E-state index contributed by atoms with van der Waals surface area (Å²) in [4.78, 5) is 3.56. The molecule has 1 aromatic heterocycles. The van der Waals surface area contributed by atoms with Crippen LogP contribution in [0.3, 0.4) is 0 Å². The maximum Gasteiger partial charge on any atom is 0.161 e. The van der Waals surface area contributed by atoms with Gasteiger partial charge in [-0.05, 0) is 42.7 Å². The van der Waals surface area contributed by atoms with Gasteiger partial charge >= 0.3 is 0 Å². The zero-order valence-corrected chi connectivity index (χ0v) is 13.1. The molecule has 4 rings (SSSR count). The summed E-state index contributed by atoms with van der Waals surface area (Å²) < 4.78 is 5.53. The molecule has 0 aliphatic carbocycles. The lowest BCUT2D eigenvalue weighted by Gasteiger charge is -2.25. The Bertz CT molecular complexity index is 854. The number of aromatic amines is 1. The third-order valence-corrected chi connectivity index (χ3v) is 4.48. The summed E-state index contributed by atoms with van der Waals surface area (Å²) in [5.74, 6) is 0.721. The van der Waals surface area contributed by atoms with Gasteiger partial charge < -0.3 is 20.1 Å². The van der Waals surface area contributed by atoms with Gasteiger partial charge in [-0.25, -0.2) is 0 Å². The number of rotatable bonds is 3. The second kappa shape index (κ2) is 5.63. The molecule has 0 radical (unpaired) electrons. The summed E-state index contributed by atoms with van der Waals surface area (Å²) in [6.07, 6.45) is 1.02. The fourth-order valence-electron chi connectivity index (χ4n) is 3.45. The molecule has 1 aliphatic rings. The van der Waals surface area contributed by atoms with E-state index in [4.69, 9.17) is 4.74 Å². The van der Waals surface area contributed by atoms with E-state index in [1.165, 1.54) is 22.2 Å². The minimum Gasteiger partial charge on any atom is -0.504 e. The third-order valence-electron chi connectivity index (χ3n) is 4.48. The normalized spacial score (nSPS) is 17.2. The number of hydrogen-bond donors (Lipinski definition) is 3. The van der Waals surface area contributed by atoms with Crippen LogP contribution in [0.1, 0.15) is 29.8 Å². The first-order valence-corrected chi connectivity index (χ1v) is 8.06. The molecule has 0 unspecified atom stereocenters.